The molecule has 2 aromatic carbocycles. The highest BCUT2D eigenvalue weighted by Crippen LogP contribution is 2.31. The number of rotatable bonds is 13. The van der Waals surface area contributed by atoms with Gasteiger partial charge in [0, 0.05) is 43.1 Å². The molecule has 284 valence electrons. The Morgan fingerprint density at radius 3 is 2.36 bits per heavy atom. The van der Waals surface area contributed by atoms with Crippen molar-refractivity contribution in [3.63, 3.8) is 0 Å². The topological polar surface area (TPSA) is 156 Å². The summed E-state index contributed by atoms with van der Waals surface area (Å²) in [6.45, 7) is 10.7. The van der Waals surface area contributed by atoms with Crippen LogP contribution in [0.25, 0.3) is 5.70 Å². The summed E-state index contributed by atoms with van der Waals surface area (Å²) in [4.78, 5) is 58.2. The molecule has 0 aromatic heterocycles. The number of nitrogens with two attached hydrogens (primary N) is 1. The molecule has 0 spiro atoms. The number of hydrogen-bond acceptors (Lipinski definition) is 9. The predicted octanol–water partition coefficient (Wildman–Crippen LogP) is 5.22. The maximum atomic E-state index is 14.7. The largest absolute Gasteiger partial charge is 0.444 e. The molecule has 4 atom stereocenters. The fraction of sp³-hybridized carbons (Fsp3) is 0.475. The quantitative estimate of drug-likeness (QED) is 0.143. The van der Waals surface area contributed by atoms with E-state index in [4.69, 9.17) is 21.6 Å². The minimum atomic E-state index is -0.954. The number of nitrogens with one attached hydrogen (secondary N) is 2. The highest BCUT2D eigenvalue weighted by molar-refractivity contribution is 8.02. The van der Waals surface area contributed by atoms with Gasteiger partial charge in [0.15, 0.2) is 0 Å². The van der Waals surface area contributed by atoms with E-state index >= 15 is 0 Å². The standard InChI is InChI=1S/C40H52N6O6S/c1-8-27-19-21-28(22-20-27)25-51-31-23-32(36(48)44-37(53-42-6)33(41)29-15-11-9-12-16-29)46(24-31)38(49)34(30-17-13-10-14-18-30)43-35(47)26(2)45(7)39(50)52-40(3,4)5/h1,9,11-12,15-16,19-22,26,30-32,34H,6,10,13-14,17-18,23-25,41H2,2-5,7H3,(H,43,47)(H,44,48)/b37-33-/t26-,31?,32-,34-/m0/s1. The first-order chi connectivity index (χ1) is 25.2. The summed E-state index contributed by atoms with van der Waals surface area (Å²) >= 11 is 0.925. The van der Waals surface area contributed by atoms with Crippen molar-refractivity contribution in [2.24, 2.45) is 16.0 Å². The van der Waals surface area contributed by atoms with E-state index in [-0.39, 0.29) is 30.5 Å². The van der Waals surface area contributed by atoms with Gasteiger partial charge in [0.1, 0.15) is 28.8 Å². The number of carbonyl (C=O) groups excluding carboxylic acids is 4. The third kappa shape index (κ3) is 11.3. The van der Waals surface area contributed by atoms with Gasteiger partial charge >= 0.3 is 6.09 Å². The van der Waals surface area contributed by atoms with Crippen molar-refractivity contribution in [2.45, 2.75) is 103 Å². The first kappa shape index (κ1) is 41.0. The molecule has 2 fully saturated rings. The summed E-state index contributed by atoms with van der Waals surface area (Å²) in [5, 5.41) is 6.16. The van der Waals surface area contributed by atoms with Crippen LogP contribution in [0, 0.1) is 18.3 Å². The summed E-state index contributed by atoms with van der Waals surface area (Å²) in [5.41, 5.74) is 8.35. The molecule has 1 heterocycles. The van der Waals surface area contributed by atoms with Crippen molar-refractivity contribution >= 4 is 48.2 Å². The van der Waals surface area contributed by atoms with Gasteiger partial charge in [-0.2, -0.15) is 0 Å². The zero-order valence-corrected chi connectivity index (χ0v) is 32.1. The molecule has 13 heteroatoms. The lowest BCUT2D eigenvalue weighted by molar-refractivity contribution is -0.143. The van der Waals surface area contributed by atoms with Crippen LogP contribution in [0.1, 0.15) is 82.9 Å². The normalized spacial score (nSPS) is 19.2. The molecule has 2 aromatic rings. The number of nitrogens with zero attached hydrogens (tertiary/aromatic N) is 3. The molecule has 2 aliphatic rings. The highest BCUT2D eigenvalue weighted by atomic mass is 32.2. The molecule has 4 N–H and O–H groups in total. The average Bonchev–Trinajstić information content (AvgIpc) is 3.59. The van der Waals surface area contributed by atoms with Crippen molar-refractivity contribution < 1.29 is 28.7 Å². The molecule has 1 aliphatic carbocycles. The molecule has 0 bridgehead atoms. The second-order valence-corrected chi connectivity index (χ2v) is 15.3. The van der Waals surface area contributed by atoms with E-state index in [2.05, 4.69) is 27.7 Å². The number of amides is 4. The molecule has 0 radical (unpaired) electrons. The second kappa shape index (κ2) is 18.8. The minimum Gasteiger partial charge on any atom is -0.444 e. The number of hydrogen-bond donors (Lipinski definition) is 3. The Morgan fingerprint density at radius 1 is 1.09 bits per heavy atom. The molecule has 1 aliphatic heterocycles. The molecular weight excluding hydrogens is 693 g/mol. The molecule has 12 nitrogen and oxygen atoms in total. The zero-order chi connectivity index (χ0) is 38.7. The van der Waals surface area contributed by atoms with E-state index in [0.717, 1.165) is 55.2 Å². The van der Waals surface area contributed by atoms with Gasteiger partial charge in [0.25, 0.3) is 0 Å². The molecule has 1 saturated heterocycles. The maximum Gasteiger partial charge on any atom is 0.410 e. The summed E-state index contributed by atoms with van der Waals surface area (Å²) in [6, 6.07) is 13.7. The van der Waals surface area contributed by atoms with Crippen LogP contribution in [0.2, 0.25) is 0 Å². The summed E-state index contributed by atoms with van der Waals surface area (Å²) in [7, 11) is 1.49. The predicted molar refractivity (Wildman–Crippen MR) is 208 cm³/mol. The fourth-order valence-electron chi connectivity index (χ4n) is 6.44. The summed E-state index contributed by atoms with van der Waals surface area (Å²) in [5.74, 6) is 1.07. The Morgan fingerprint density at radius 2 is 1.75 bits per heavy atom. The van der Waals surface area contributed by atoms with Gasteiger partial charge in [-0.1, -0.05) is 67.6 Å². The van der Waals surface area contributed by atoms with E-state index in [1.807, 2.05) is 54.6 Å². The van der Waals surface area contributed by atoms with Crippen LogP contribution in [-0.4, -0.2) is 83.8 Å². The van der Waals surface area contributed by atoms with Crippen LogP contribution in [0.3, 0.4) is 0 Å². The molecular formula is C40H52N6O6S. The minimum absolute atomic E-state index is 0.117. The van der Waals surface area contributed by atoms with Crippen molar-refractivity contribution in [1.29, 1.82) is 0 Å². The lowest BCUT2D eigenvalue weighted by atomic mass is 9.83. The molecule has 4 rings (SSSR count). The number of ether oxygens (including phenoxy) is 2. The van der Waals surface area contributed by atoms with E-state index < -0.39 is 53.6 Å². The van der Waals surface area contributed by atoms with E-state index in [1.54, 1.807) is 27.7 Å². The Balaban J connectivity index is 1.62. The van der Waals surface area contributed by atoms with Crippen LogP contribution in [-0.2, 0) is 30.5 Å². The molecule has 4 amide bonds. The number of benzene rings is 2. The van der Waals surface area contributed by atoms with E-state index in [9.17, 15) is 19.2 Å². The van der Waals surface area contributed by atoms with Crippen LogP contribution in [0.4, 0.5) is 4.79 Å². The van der Waals surface area contributed by atoms with Crippen molar-refractivity contribution in [3.8, 4) is 12.3 Å². The molecule has 1 saturated carbocycles. The van der Waals surface area contributed by atoms with Crippen LogP contribution >= 0.6 is 11.9 Å². The fourth-order valence-corrected chi connectivity index (χ4v) is 6.93. The third-order valence-electron chi connectivity index (χ3n) is 9.50. The van der Waals surface area contributed by atoms with Crippen LogP contribution in [0.5, 0.6) is 0 Å². The Labute approximate surface area is 317 Å². The SMILES string of the molecule is C#Cc1ccc(COC2C[C@@H](C(=O)N/C(SN=C)=C(/N)c3ccccc3)N(C(=O)[C@@H](NC(=O)[C@H](C)N(C)C(=O)OC(C)(C)C)C3CCCCC3)C2)cc1. The van der Waals surface area contributed by atoms with Gasteiger partial charge in [-0.15, -0.1) is 6.42 Å². The number of terminal acetylenes is 1. The maximum absolute atomic E-state index is 14.7. The Bertz CT molecular complexity index is 1680. The van der Waals surface area contributed by atoms with Gasteiger partial charge in [-0.3, -0.25) is 19.3 Å². The lowest BCUT2D eigenvalue weighted by Crippen LogP contribution is -2.58. The van der Waals surface area contributed by atoms with Crippen molar-refractivity contribution in [2.75, 3.05) is 13.6 Å². The number of likely N-dealkylation sites (N-methyl/N-ethyl adjacent to an activating group) is 1. The Hall–Kier alpha value is -4.80. The van der Waals surface area contributed by atoms with Gasteiger partial charge in [0.05, 0.1) is 18.4 Å². The summed E-state index contributed by atoms with van der Waals surface area (Å²) in [6.07, 6.45) is 8.87. The smallest absolute Gasteiger partial charge is 0.410 e. The van der Waals surface area contributed by atoms with Crippen molar-refractivity contribution in [3.05, 3.63) is 76.3 Å². The van der Waals surface area contributed by atoms with Gasteiger partial charge in [-0.25, -0.2) is 9.19 Å². The Kier molecular flexibility index (Phi) is 14.5. The van der Waals surface area contributed by atoms with Crippen LogP contribution < -0.4 is 16.4 Å². The first-order valence-electron chi connectivity index (χ1n) is 17.9. The number of likely N-dealkylation sites (tertiary alicyclic amines) is 1. The van der Waals surface area contributed by atoms with Gasteiger partial charge < -0.3 is 30.7 Å². The monoisotopic (exact) mass is 744 g/mol. The molecule has 53 heavy (non-hydrogen) atoms. The summed E-state index contributed by atoms with van der Waals surface area (Å²) < 4.78 is 15.7. The zero-order valence-electron chi connectivity index (χ0n) is 31.3. The van der Waals surface area contributed by atoms with E-state index in [1.165, 1.54) is 16.8 Å². The highest BCUT2D eigenvalue weighted by Gasteiger charge is 2.45. The average molecular weight is 745 g/mol. The van der Waals surface area contributed by atoms with Crippen molar-refractivity contribution in [1.82, 2.24) is 20.4 Å². The van der Waals surface area contributed by atoms with Crippen LogP contribution in [0.15, 0.2) is 64.0 Å². The van der Waals surface area contributed by atoms with Gasteiger partial charge in [0.2, 0.25) is 17.7 Å². The molecule has 1 unspecified atom stereocenters. The number of carbonyl (C=O) groups is 4. The van der Waals surface area contributed by atoms with E-state index in [0.29, 0.717) is 11.3 Å². The lowest BCUT2D eigenvalue weighted by Gasteiger charge is -2.36. The second-order valence-electron chi connectivity index (χ2n) is 14.5. The first-order valence-corrected chi connectivity index (χ1v) is 18.7. The van der Waals surface area contributed by atoms with Gasteiger partial charge in [-0.05, 0) is 70.9 Å². The third-order valence-corrected chi connectivity index (χ3v) is 10.1.